The molecule has 1 aliphatic heterocycles. The molecule has 7 heteroatoms. The lowest BCUT2D eigenvalue weighted by atomic mass is 10.0. The molecule has 0 bridgehead atoms. The van der Waals surface area contributed by atoms with Crippen molar-refractivity contribution in [2.45, 2.75) is 0 Å². The average Bonchev–Trinajstić information content (AvgIpc) is 2.84. The zero-order valence-corrected chi connectivity index (χ0v) is 18.1. The smallest absolute Gasteiger partial charge is 0.163 e. The maximum absolute atomic E-state index is 13.5. The summed E-state index contributed by atoms with van der Waals surface area (Å²) >= 11 is 0. The highest BCUT2D eigenvalue weighted by molar-refractivity contribution is 5.98. The normalized spacial score (nSPS) is 14.7. The number of ether oxygens (including phenoxy) is 1. The first-order chi connectivity index (χ1) is 15.6. The van der Waals surface area contributed by atoms with Gasteiger partial charge in [0.2, 0.25) is 0 Å². The van der Waals surface area contributed by atoms with Gasteiger partial charge in [-0.05, 0) is 54.6 Å². The standard InChI is InChI=1S/C25H24FN5O/c1-30-10-12-31(13-11-30)25-21-14-19(17-5-7-20(26)8-6-17)15-22(32-2)23(21)28-24(29-25)18-4-3-9-27-16-18/h3-9,14-16H,10-13H2,1-2H3. The Kier molecular flexibility index (Phi) is 5.41. The molecule has 0 atom stereocenters. The molecule has 4 aromatic rings. The monoisotopic (exact) mass is 429 g/mol. The van der Waals surface area contributed by atoms with Crippen LogP contribution in [-0.2, 0) is 0 Å². The van der Waals surface area contributed by atoms with Crippen LogP contribution in [0, 0.1) is 5.82 Å². The summed E-state index contributed by atoms with van der Waals surface area (Å²) < 4.78 is 19.2. The second kappa shape index (κ2) is 8.51. The molecule has 0 spiro atoms. The van der Waals surface area contributed by atoms with Crippen LogP contribution >= 0.6 is 0 Å². The molecule has 0 N–H and O–H groups in total. The summed E-state index contributed by atoms with van der Waals surface area (Å²) in [4.78, 5) is 18.7. The van der Waals surface area contributed by atoms with Gasteiger partial charge in [0.05, 0.1) is 7.11 Å². The van der Waals surface area contributed by atoms with Crippen LogP contribution in [-0.4, -0.2) is 60.2 Å². The van der Waals surface area contributed by atoms with E-state index in [2.05, 4.69) is 27.9 Å². The molecule has 5 rings (SSSR count). The molecule has 2 aromatic carbocycles. The van der Waals surface area contributed by atoms with Gasteiger partial charge in [0, 0.05) is 49.5 Å². The van der Waals surface area contributed by atoms with Crippen LogP contribution in [0.25, 0.3) is 33.4 Å². The summed E-state index contributed by atoms with van der Waals surface area (Å²) in [5.74, 6) is 1.89. The summed E-state index contributed by atoms with van der Waals surface area (Å²) in [7, 11) is 3.77. The topological polar surface area (TPSA) is 54.4 Å². The highest BCUT2D eigenvalue weighted by Crippen LogP contribution is 2.37. The summed E-state index contributed by atoms with van der Waals surface area (Å²) in [6.45, 7) is 3.67. The Morgan fingerprint density at radius 3 is 2.38 bits per heavy atom. The first-order valence-corrected chi connectivity index (χ1v) is 10.6. The number of pyridine rings is 1. The van der Waals surface area contributed by atoms with Gasteiger partial charge in [0.1, 0.15) is 22.9 Å². The first-order valence-electron chi connectivity index (χ1n) is 10.6. The van der Waals surface area contributed by atoms with E-state index >= 15 is 0 Å². The number of piperazine rings is 1. The minimum absolute atomic E-state index is 0.260. The maximum atomic E-state index is 13.5. The molecule has 1 fully saturated rings. The Labute approximate surface area is 186 Å². The molecular weight excluding hydrogens is 405 g/mol. The number of likely N-dealkylation sites (N-methyl/N-ethyl adjacent to an activating group) is 1. The Morgan fingerprint density at radius 2 is 1.69 bits per heavy atom. The lowest BCUT2D eigenvalue weighted by molar-refractivity contribution is 0.312. The van der Waals surface area contributed by atoms with Gasteiger partial charge >= 0.3 is 0 Å². The largest absolute Gasteiger partial charge is 0.494 e. The molecule has 1 saturated heterocycles. The zero-order chi connectivity index (χ0) is 22.1. The van der Waals surface area contributed by atoms with Crippen LogP contribution in [0.4, 0.5) is 10.2 Å². The van der Waals surface area contributed by atoms with Gasteiger partial charge in [-0.2, -0.15) is 0 Å². The van der Waals surface area contributed by atoms with E-state index in [1.54, 1.807) is 31.6 Å². The van der Waals surface area contributed by atoms with E-state index in [-0.39, 0.29) is 5.82 Å². The molecular formula is C25H24FN5O. The predicted octanol–water partition coefficient (Wildman–Crippen LogP) is 4.26. The number of hydrogen-bond donors (Lipinski definition) is 0. The van der Waals surface area contributed by atoms with Crippen molar-refractivity contribution in [3.63, 3.8) is 0 Å². The lowest BCUT2D eigenvalue weighted by Crippen LogP contribution is -2.45. The van der Waals surface area contributed by atoms with Crippen molar-refractivity contribution in [3.8, 4) is 28.3 Å². The highest BCUT2D eigenvalue weighted by Gasteiger charge is 2.22. The molecule has 0 unspecified atom stereocenters. The molecule has 0 saturated carbocycles. The van der Waals surface area contributed by atoms with Crippen LogP contribution in [0.1, 0.15) is 0 Å². The minimum atomic E-state index is -0.260. The van der Waals surface area contributed by atoms with Crippen molar-refractivity contribution in [2.75, 3.05) is 45.2 Å². The third kappa shape index (κ3) is 3.87. The van der Waals surface area contributed by atoms with Crippen LogP contribution in [0.2, 0.25) is 0 Å². The number of rotatable bonds is 4. The number of halogens is 1. The van der Waals surface area contributed by atoms with Crippen LogP contribution in [0.15, 0.2) is 60.9 Å². The Balaban J connectivity index is 1.74. The van der Waals surface area contributed by atoms with E-state index in [4.69, 9.17) is 14.7 Å². The van der Waals surface area contributed by atoms with E-state index in [0.717, 1.165) is 59.6 Å². The third-order valence-electron chi connectivity index (χ3n) is 5.87. The van der Waals surface area contributed by atoms with Gasteiger partial charge in [0.25, 0.3) is 0 Å². The number of anilines is 1. The van der Waals surface area contributed by atoms with Crippen molar-refractivity contribution in [1.82, 2.24) is 19.9 Å². The number of aromatic nitrogens is 3. The molecule has 0 aliphatic carbocycles. The molecule has 1 aliphatic rings. The number of nitrogens with zero attached hydrogens (tertiary/aromatic N) is 5. The summed E-state index contributed by atoms with van der Waals surface area (Å²) in [6.07, 6.45) is 3.51. The Bertz CT molecular complexity index is 1240. The van der Waals surface area contributed by atoms with E-state index in [9.17, 15) is 4.39 Å². The van der Waals surface area contributed by atoms with Gasteiger partial charge in [-0.3, -0.25) is 4.98 Å². The molecule has 2 aromatic heterocycles. The average molecular weight is 429 g/mol. The van der Waals surface area contributed by atoms with Gasteiger partial charge < -0.3 is 14.5 Å². The van der Waals surface area contributed by atoms with E-state index in [1.165, 1.54) is 12.1 Å². The fraction of sp³-hybridized carbons (Fsp3) is 0.240. The Hall–Kier alpha value is -3.58. The summed E-state index contributed by atoms with van der Waals surface area (Å²) in [5.41, 5.74) is 3.45. The van der Waals surface area contributed by atoms with Crippen molar-refractivity contribution >= 4 is 16.7 Å². The quantitative estimate of drug-likeness (QED) is 0.483. The first kappa shape index (κ1) is 20.3. The van der Waals surface area contributed by atoms with Crippen LogP contribution in [0.3, 0.4) is 0 Å². The second-order valence-electron chi connectivity index (χ2n) is 7.98. The number of fused-ring (bicyclic) bond motifs is 1. The summed E-state index contributed by atoms with van der Waals surface area (Å²) in [6, 6.07) is 14.3. The van der Waals surface area contributed by atoms with Gasteiger partial charge in [-0.15, -0.1) is 0 Å². The van der Waals surface area contributed by atoms with Crippen molar-refractivity contribution in [2.24, 2.45) is 0 Å². The Morgan fingerprint density at radius 1 is 0.906 bits per heavy atom. The maximum Gasteiger partial charge on any atom is 0.163 e. The van der Waals surface area contributed by atoms with Gasteiger partial charge in [-0.25, -0.2) is 14.4 Å². The molecule has 0 radical (unpaired) electrons. The lowest BCUT2D eigenvalue weighted by Gasteiger charge is -2.34. The van der Waals surface area contributed by atoms with Gasteiger partial charge in [-0.1, -0.05) is 12.1 Å². The van der Waals surface area contributed by atoms with Crippen LogP contribution in [0.5, 0.6) is 5.75 Å². The molecule has 32 heavy (non-hydrogen) atoms. The number of methoxy groups -OCH3 is 1. The number of benzene rings is 2. The van der Waals surface area contributed by atoms with E-state index in [1.807, 2.05) is 18.2 Å². The van der Waals surface area contributed by atoms with Crippen molar-refractivity contribution in [1.29, 1.82) is 0 Å². The molecule has 0 amide bonds. The fourth-order valence-electron chi connectivity index (χ4n) is 4.03. The predicted molar refractivity (Wildman–Crippen MR) is 124 cm³/mol. The minimum Gasteiger partial charge on any atom is -0.494 e. The van der Waals surface area contributed by atoms with E-state index < -0.39 is 0 Å². The highest BCUT2D eigenvalue weighted by atomic mass is 19.1. The van der Waals surface area contributed by atoms with Crippen LogP contribution < -0.4 is 9.64 Å². The fourth-order valence-corrected chi connectivity index (χ4v) is 4.03. The van der Waals surface area contributed by atoms with E-state index in [0.29, 0.717) is 11.6 Å². The third-order valence-corrected chi connectivity index (χ3v) is 5.87. The molecule has 162 valence electrons. The molecule has 6 nitrogen and oxygen atoms in total. The SMILES string of the molecule is COc1cc(-c2ccc(F)cc2)cc2c(N3CCN(C)CC3)nc(-c3cccnc3)nc12. The molecule has 3 heterocycles. The second-order valence-corrected chi connectivity index (χ2v) is 7.98. The van der Waals surface area contributed by atoms with Crippen molar-refractivity contribution < 1.29 is 9.13 Å². The van der Waals surface area contributed by atoms with Gasteiger partial charge in [0.15, 0.2) is 5.82 Å². The number of hydrogen-bond acceptors (Lipinski definition) is 6. The van der Waals surface area contributed by atoms with Crippen molar-refractivity contribution in [3.05, 3.63) is 66.7 Å². The summed E-state index contributed by atoms with van der Waals surface area (Å²) in [5, 5.41) is 0.917. The zero-order valence-electron chi connectivity index (χ0n) is 18.1.